The van der Waals surface area contributed by atoms with E-state index in [0.29, 0.717) is 39.2 Å². The molecule has 3 rings (SSSR count). The molecule has 0 aliphatic carbocycles. The number of nitrogens with one attached hydrogen (secondary N) is 1. The van der Waals surface area contributed by atoms with Gasteiger partial charge in [0.05, 0.1) is 12.0 Å². The van der Waals surface area contributed by atoms with Gasteiger partial charge in [-0.2, -0.15) is 0 Å². The lowest BCUT2D eigenvalue weighted by Crippen LogP contribution is -2.48. The Morgan fingerprint density at radius 3 is 2.42 bits per heavy atom. The fraction of sp³-hybridized carbons (Fsp3) is 0.409. The molecule has 0 spiro atoms. The van der Waals surface area contributed by atoms with Gasteiger partial charge in [0, 0.05) is 13.2 Å². The van der Waals surface area contributed by atoms with Gasteiger partial charge in [-0.3, -0.25) is 4.79 Å². The number of hydrogen-bond donors (Lipinski definition) is 1. The highest BCUT2D eigenvalue weighted by Crippen LogP contribution is 2.35. The van der Waals surface area contributed by atoms with Crippen LogP contribution in [0.25, 0.3) is 0 Å². The summed E-state index contributed by atoms with van der Waals surface area (Å²) in [6, 6.07) is 18.1. The van der Waals surface area contributed by atoms with Gasteiger partial charge in [0.2, 0.25) is 5.91 Å². The molecular weight excluding hydrogens is 326 g/mol. The minimum atomic E-state index is -0.498. The van der Waals surface area contributed by atoms with Crippen LogP contribution in [0.3, 0.4) is 0 Å². The average molecular weight is 353 g/mol. The molecule has 0 unspecified atom stereocenters. The van der Waals surface area contributed by atoms with Crippen LogP contribution in [0.5, 0.6) is 5.75 Å². The molecule has 4 nitrogen and oxygen atoms in total. The topological polar surface area (TPSA) is 47.6 Å². The fourth-order valence-corrected chi connectivity index (χ4v) is 3.45. The summed E-state index contributed by atoms with van der Waals surface area (Å²) < 4.78 is 11.2. The lowest BCUT2D eigenvalue weighted by Gasteiger charge is -2.36. The van der Waals surface area contributed by atoms with Gasteiger partial charge in [-0.15, -0.1) is 0 Å². The molecule has 1 saturated heterocycles. The van der Waals surface area contributed by atoms with Gasteiger partial charge >= 0.3 is 0 Å². The maximum atomic E-state index is 13.0. The minimum Gasteiger partial charge on any atom is -0.492 e. The molecule has 0 atom stereocenters. The van der Waals surface area contributed by atoms with Crippen LogP contribution in [0.15, 0.2) is 54.6 Å². The zero-order valence-electron chi connectivity index (χ0n) is 15.4. The first-order valence-corrected chi connectivity index (χ1v) is 9.38. The van der Waals surface area contributed by atoms with Crippen LogP contribution in [0, 0.1) is 0 Å². The number of aryl methyl sites for hydroxylation is 1. The molecule has 2 aromatic carbocycles. The second-order valence-corrected chi connectivity index (χ2v) is 6.66. The van der Waals surface area contributed by atoms with Crippen molar-refractivity contribution >= 4 is 5.91 Å². The maximum absolute atomic E-state index is 13.0. The fourth-order valence-electron chi connectivity index (χ4n) is 3.45. The molecule has 26 heavy (non-hydrogen) atoms. The van der Waals surface area contributed by atoms with E-state index in [9.17, 15) is 4.79 Å². The second-order valence-electron chi connectivity index (χ2n) is 6.66. The van der Waals surface area contributed by atoms with E-state index in [1.54, 1.807) is 0 Å². The zero-order valence-corrected chi connectivity index (χ0v) is 15.4. The molecule has 138 valence electrons. The molecular formula is C22H27NO3. The molecule has 1 aliphatic heterocycles. The Kier molecular flexibility index (Phi) is 6.29. The number of benzene rings is 2. The van der Waals surface area contributed by atoms with Crippen molar-refractivity contribution in [3.05, 3.63) is 65.7 Å². The minimum absolute atomic E-state index is 0.0666. The van der Waals surface area contributed by atoms with E-state index >= 15 is 0 Å². The Bertz CT molecular complexity index is 691. The number of carbonyl (C=O) groups excluding carboxylic acids is 1. The summed E-state index contributed by atoms with van der Waals surface area (Å²) in [5.41, 5.74) is 1.86. The largest absolute Gasteiger partial charge is 0.492 e. The van der Waals surface area contributed by atoms with E-state index in [4.69, 9.17) is 9.47 Å². The predicted molar refractivity (Wildman–Crippen MR) is 102 cm³/mol. The van der Waals surface area contributed by atoms with E-state index in [2.05, 4.69) is 24.4 Å². The van der Waals surface area contributed by atoms with E-state index in [1.807, 2.05) is 42.5 Å². The van der Waals surface area contributed by atoms with Crippen LogP contribution >= 0.6 is 0 Å². The van der Waals surface area contributed by atoms with Gasteiger partial charge in [0.15, 0.2) is 0 Å². The van der Waals surface area contributed by atoms with E-state index in [-0.39, 0.29) is 5.91 Å². The Hall–Kier alpha value is -2.33. The summed E-state index contributed by atoms with van der Waals surface area (Å²) in [6.07, 6.45) is 2.44. The molecule has 1 fully saturated rings. The van der Waals surface area contributed by atoms with Crippen molar-refractivity contribution in [3.63, 3.8) is 0 Å². The first kappa shape index (κ1) is 18.5. The summed E-state index contributed by atoms with van der Waals surface area (Å²) in [7, 11) is 0. The smallest absolute Gasteiger partial charge is 0.230 e. The standard InChI is InChI=1S/C22H27NO3/c1-2-18-8-10-20(11-9-18)26-17-14-23-21(24)22(12-15-25-16-13-22)19-6-4-3-5-7-19/h3-11H,2,12-17H2,1H3,(H,23,24). The summed E-state index contributed by atoms with van der Waals surface area (Å²) in [5.74, 6) is 0.900. The van der Waals surface area contributed by atoms with Gasteiger partial charge in [0.25, 0.3) is 0 Å². The first-order chi connectivity index (χ1) is 12.7. The van der Waals surface area contributed by atoms with Gasteiger partial charge in [0.1, 0.15) is 12.4 Å². The van der Waals surface area contributed by atoms with Crippen molar-refractivity contribution < 1.29 is 14.3 Å². The van der Waals surface area contributed by atoms with Crippen LogP contribution < -0.4 is 10.1 Å². The van der Waals surface area contributed by atoms with Crippen molar-refractivity contribution in [1.29, 1.82) is 0 Å². The lowest BCUT2D eigenvalue weighted by molar-refractivity contribution is -0.130. The highest BCUT2D eigenvalue weighted by atomic mass is 16.5. The van der Waals surface area contributed by atoms with Gasteiger partial charge < -0.3 is 14.8 Å². The molecule has 1 heterocycles. The zero-order chi connectivity index (χ0) is 18.2. The van der Waals surface area contributed by atoms with Crippen LogP contribution in [0.2, 0.25) is 0 Å². The molecule has 1 aliphatic rings. The molecule has 1 amide bonds. The average Bonchev–Trinajstić information content (AvgIpc) is 2.72. The quantitative estimate of drug-likeness (QED) is 0.775. The van der Waals surface area contributed by atoms with Gasteiger partial charge in [-0.05, 0) is 42.5 Å². The number of rotatable bonds is 7. The van der Waals surface area contributed by atoms with Crippen molar-refractivity contribution in [2.24, 2.45) is 0 Å². The molecule has 0 bridgehead atoms. The van der Waals surface area contributed by atoms with Crippen molar-refractivity contribution in [2.75, 3.05) is 26.4 Å². The normalized spacial score (nSPS) is 16.0. The van der Waals surface area contributed by atoms with Crippen LogP contribution in [0.4, 0.5) is 0 Å². The van der Waals surface area contributed by atoms with Crippen LogP contribution in [-0.2, 0) is 21.4 Å². The Balaban J connectivity index is 1.56. The summed E-state index contributed by atoms with van der Waals surface area (Å²) in [4.78, 5) is 13.0. The highest BCUT2D eigenvalue weighted by molar-refractivity contribution is 5.88. The molecule has 0 saturated carbocycles. The molecule has 2 aromatic rings. The number of ether oxygens (including phenoxy) is 2. The molecule has 4 heteroatoms. The van der Waals surface area contributed by atoms with Crippen molar-refractivity contribution in [2.45, 2.75) is 31.6 Å². The monoisotopic (exact) mass is 353 g/mol. The third-order valence-electron chi connectivity index (χ3n) is 5.10. The third kappa shape index (κ3) is 4.25. The Morgan fingerprint density at radius 1 is 1.08 bits per heavy atom. The number of carbonyl (C=O) groups is 1. The lowest BCUT2D eigenvalue weighted by atomic mass is 9.73. The molecule has 0 aromatic heterocycles. The highest BCUT2D eigenvalue weighted by Gasteiger charge is 2.41. The third-order valence-corrected chi connectivity index (χ3v) is 5.10. The summed E-state index contributed by atoms with van der Waals surface area (Å²) in [6.45, 7) is 4.30. The Morgan fingerprint density at radius 2 is 1.77 bits per heavy atom. The summed E-state index contributed by atoms with van der Waals surface area (Å²) in [5, 5.41) is 3.07. The second kappa shape index (κ2) is 8.86. The molecule has 0 radical (unpaired) electrons. The van der Waals surface area contributed by atoms with Crippen molar-refractivity contribution in [3.8, 4) is 5.75 Å². The van der Waals surface area contributed by atoms with Crippen LogP contribution in [-0.4, -0.2) is 32.3 Å². The number of amides is 1. The van der Waals surface area contributed by atoms with E-state index in [0.717, 1.165) is 17.7 Å². The SMILES string of the molecule is CCc1ccc(OCCNC(=O)C2(c3ccccc3)CCOCC2)cc1. The number of hydrogen-bond acceptors (Lipinski definition) is 3. The Labute approximate surface area is 155 Å². The van der Waals surface area contributed by atoms with E-state index in [1.165, 1.54) is 5.56 Å². The molecule has 1 N–H and O–H groups in total. The van der Waals surface area contributed by atoms with E-state index < -0.39 is 5.41 Å². The van der Waals surface area contributed by atoms with Gasteiger partial charge in [-0.25, -0.2) is 0 Å². The maximum Gasteiger partial charge on any atom is 0.230 e. The van der Waals surface area contributed by atoms with Crippen LogP contribution in [0.1, 0.15) is 30.9 Å². The van der Waals surface area contributed by atoms with Crippen molar-refractivity contribution in [1.82, 2.24) is 5.32 Å². The first-order valence-electron chi connectivity index (χ1n) is 9.38. The summed E-state index contributed by atoms with van der Waals surface area (Å²) >= 11 is 0. The van der Waals surface area contributed by atoms with Gasteiger partial charge in [-0.1, -0.05) is 49.4 Å². The predicted octanol–water partition coefficient (Wildman–Crippen LogP) is 3.49.